The van der Waals surface area contributed by atoms with Crippen molar-refractivity contribution in [2.75, 3.05) is 27.4 Å². The summed E-state index contributed by atoms with van der Waals surface area (Å²) in [4.78, 5) is 25.4. The van der Waals surface area contributed by atoms with E-state index in [2.05, 4.69) is 4.74 Å². The van der Waals surface area contributed by atoms with E-state index in [1.807, 2.05) is 0 Å². The number of ether oxygens (including phenoxy) is 4. The van der Waals surface area contributed by atoms with E-state index in [1.54, 1.807) is 12.1 Å². The molecule has 1 unspecified atom stereocenters. The molecule has 0 N–H and O–H groups in total. The Kier molecular flexibility index (Phi) is 6.21. The smallest absolute Gasteiger partial charge is 0.410 e. The van der Waals surface area contributed by atoms with Gasteiger partial charge in [0.05, 0.1) is 20.8 Å². The fraction of sp³-hybridized carbons (Fsp3) is 0.579. The third kappa shape index (κ3) is 4.63. The Labute approximate surface area is 161 Å². The zero-order valence-corrected chi connectivity index (χ0v) is 15.7. The van der Waals surface area contributed by atoms with Gasteiger partial charge < -0.3 is 18.9 Å². The molecule has 0 radical (unpaired) electrons. The van der Waals surface area contributed by atoms with Gasteiger partial charge in [-0.3, -0.25) is 4.90 Å². The molecular weight excluding hydrogens is 376 g/mol. The fourth-order valence-electron chi connectivity index (χ4n) is 3.33. The molecule has 1 saturated heterocycles. The number of hydrogen-bond acceptors (Lipinski definition) is 6. The van der Waals surface area contributed by atoms with Gasteiger partial charge in [-0.25, -0.2) is 9.59 Å². The number of amides is 1. The summed E-state index contributed by atoms with van der Waals surface area (Å²) in [6.07, 6.45) is 1.82. The van der Waals surface area contributed by atoms with Crippen LogP contribution in [0.5, 0.6) is 11.5 Å². The molecule has 3 rings (SSSR count). The quantitative estimate of drug-likeness (QED) is 0.656. The minimum atomic E-state index is -2.96. The minimum absolute atomic E-state index is 0.0354. The van der Waals surface area contributed by atoms with E-state index in [1.165, 1.54) is 25.2 Å². The lowest BCUT2D eigenvalue weighted by Gasteiger charge is -2.20. The van der Waals surface area contributed by atoms with E-state index >= 15 is 0 Å². The molecule has 1 amide bonds. The van der Waals surface area contributed by atoms with Gasteiger partial charge in [-0.15, -0.1) is 0 Å². The summed E-state index contributed by atoms with van der Waals surface area (Å²) in [6.45, 7) is -2.28. The van der Waals surface area contributed by atoms with Crippen LogP contribution in [0.4, 0.5) is 13.6 Å². The number of carbonyl (C=O) groups excluding carboxylic acids is 2. The Morgan fingerprint density at radius 3 is 2.54 bits per heavy atom. The molecule has 154 valence electrons. The highest BCUT2D eigenvalue weighted by atomic mass is 19.3. The van der Waals surface area contributed by atoms with E-state index in [9.17, 15) is 18.4 Å². The number of nitrogens with zero attached hydrogens (tertiary/aromatic N) is 1. The van der Waals surface area contributed by atoms with Gasteiger partial charge in [-0.05, 0) is 42.9 Å². The molecular formula is C19H23F2NO6. The van der Waals surface area contributed by atoms with Crippen molar-refractivity contribution in [3.63, 3.8) is 0 Å². The monoisotopic (exact) mass is 399 g/mol. The summed E-state index contributed by atoms with van der Waals surface area (Å²) in [6, 6.07) is 3.94. The summed E-state index contributed by atoms with van der Waals surface area (Å²) in [5.41, 5.74) is 0.757. The first-order valence-electron chi connectivity index (χ1n) is 9.06. The Morgan fingerprint density at radius 2 is 1.93 bits per heavy atom. The topological polar surface area (TPSA) is 74.3 Å². The number of hydrogen-bond donors (Lipinski definition) is 0. The van der Waals surface area contributed by atoms with Crippen LogP contribution >= 0.6 is 0 Å². The number of rotatable bonds is 7. The van der Waals surface area contributed by atoms with Crippen molar-refractivity contribution in [3.8, 4) is 11.5 Å². The third-order valence-electron chi connectivity index (χ3n) is 5.01. The van der Waals surface area contributed by atoms with Crippen LogP contribution in [0.15, 0.2) is 18.2 Å². The molecule has 1 aromatic rings. The number of carbonyl (C=O) groups is 2. The fourth-order valence-corrected chi connectivity index (χ4v) is 3.33. The van der Waals surface area contributed by atoms with E-state index < -0.39 is 24.7 Å². The second kappa shape index (κ2) is 8.62. The predicted octanol–water partition coefficient (Wildman–Crippen LogP) is 3.17. The summed E-state index contributed by atoms with van der Waals surface area (Å²) < 4.78 is 45.2. The van der Waals surface area contributed by atoms with Gasteiger partial charge in [-0.2, -0.15) is 8.78 Å². The second-order valence-corrected chi connectivity index (χ2v) is 6.93. The highest BCUT2D eigenvalue weighted by Crippen LogP contribution is 2.39. The second-order valence-electron chi connectivity index (χ2n) is 6.93. The van der Waals surface area contributed by atoms with Crippen LogP contribution in [0.3, 0.4) is 0 Å². The van der Waals surface area contributed by atoms with Crippen LogP contribution in [-0.2, 0) is 14.3 Å². The summed E-state index contributed by atoms with van der Waals surface area (Å²) in [5.74, 6) is -0.0986. The van der Waals surface area contributed by atoms with E-state index in [4.69, 9.17) is 14.2 Å². The highest BCUT2D eigenvalue weighted by molar-refractivity contribution is 5.82. The number of halogens is 2. The van der Waals surface area contributed by atoms with Crippen LogP contribution in [0, 0.1) is 5.92 Å². The maximum atomic E-state index is 12.7. The SMILES string of the molecule is COC(=O)[C@@H]1CC(c2ccc(OC(F)F)c(OCC3CC3)c2)CN1C(=O)OC. The lowest BCUT2D eigenvalue weighted by molar-refractivity contribution is -0.145. The van der Waals surface area contributed by atoms with Crippen LogP contribution < -0.4 is 9.47 Å². The Hall–Kier alpha value is -2.58. The summed E-state index contributed by atoms with van der Waals surface area (Å²) >= 11 is 0. The van der Waals surface area contributed by atoms with Crippen molar-refractivity contribution < 1.29 is 37.3 Å². The van der Waals surface area contributed by atoms with Gasteiger partial charge in [0.1, 0.15) is 6.04 Å². The van der Waals surface area contributed by atoms with Crippen molar-refractivity contribution in [2.45, 2.75) is 37.8 Å². The van der Waals surface area contributed by atoms with Gasteiger partial charge in [0, 0.05) is 12.5 Å². The zero-order chi connectivity index (χ0) is 20.3. The Morgan fingerprint density at radius 1 is 1.18 bits per heavy atom. The van der Waals surface area contributed by atoms with Gasteiger partial charge in [-0.1, -0.05) is 6.07 Å². The molecule has 7 nitrogen and oxygen atoms in total. The number of alkyl halides is 2. The molecule has 1 aliphatic heterocycles. The summed E-state index contributed by atoms with van der Waals surface area (Å²) in [5, 5.41) is 0. The molecule has 0 aromatic heterocycles. The van der Waals surface area contributed by atoms with Crippen LogP contribution in [0.25, 0.3) is 0 Å². The molecule has 1 saturated carbocycles. The van der Waals surface area contributed by atoms with E-state index in [0.717, 1.165) is 18.4 Å². The lowest BCUT2D eigenvalue weighted by atomic mass is 9.96. The molecule has 1 aromatic carbocycles. The maximum absolute atomic E-state index is 12.7. The van der Waals surface area contributed by atoms with E-state index in [-0.39, 0.29) is 24.0 Å². The molecule has 0 spiro atoms. The minimum Gasteiger partial charge on any atom is -0.489 e. The van der Waals surface area contributed by atoms with Crippen molar-refractivity contribution in [3.05, 3.63) is 23.8 Å². The maximum Gasteiger partial charge on any atom is 0.410 e. The number of benzene rings is 1. The largest absolute Gasteiger partial charge is 0.489 e. The molecule has 0 bridgehead atoms. The average molecular weight is 399 g/mol. The number of likely N-dealkylation sites (tertiary alicyclic amines) is 1. The van der Waals surface area contributed by atoms with Gasteiger partial charge >= 0.3 is 18.7 Å². The molecule has 1 aliphatic carbocycles. The van der Waals surface area contributed by atoms with Crippen molar-refractivity contribution >= 4 is 12.1 Å². The first-order chi connectivity index (χ1) is 13.4. The van der Waals surface area contributed by atoms with Gasteiger partial charge in [0.15, 0.2) is 11.5 Å². The van der Waals surface area contributed by atoms with Crippen molar-refractivity contribution in [1.82, 2.24) is 4.90 Å². The van der Waals surface area contributed by atoms with Gasteiger partial charge in [0.2, 0.25) is 0 Å². The Balaban J connectivity index is 1.81. The van der Waals surface area contributed by atoms with Crippen molar-refractivity contribution in [2.24, 2.45) is 5.92 Å². The molecule has 9 heteroatoms. The first kappa shape index (κ1) is 20.2. The standard InChI is InChI=1S/C19H23F2NO6/c1-25-17(23)14-7-13(9-22(14)19(24)26-2)12-5-6-15(28-18(20)21)16(8-12)27-10-11-3-4-11/h5-6,8,11,13-14,18H,3-4,7,9-10H2,1-2H3/t13?,14-/m0/s1. The molecule has 1 heterocycles. The van der Waals surface area contributed by atoms with Crippen LogP contribution in [-0.4, -0.2) is 57.0 Å². The highest BCUT2D eigenvalue weighted by Gasteiger charge is 2.41. The summed E-state index contributed by atoms with van der Waals surface area (Å²) in [7, 11) is 2.50. The lowest BCUT2D eigenvalue weighted by Crippen LogP contribution is -2.41. The normalized spacial score (nSPS) is 21.5. The van der Waals surface area contributed by atoms with E-state index in [0.29, 0.717) is 18.9 Å². The van der Waals surface area contributed by atoms with Crippen molar-refractivity contribution in [1.29, 1.82) is 0 Å². The molecule has 2 fully saturated rings. The van der Waals surface area contributed by atoms with Crippen LogP contribution in [0.1, 0.15) is 30.7 Å². The molecule has 2 atom stereocenters. The zero-order valence-electron chi connectivity index (χ0n) is 15.7. The third-order valence-corrected chi connectivity index (χ3v) is 5.01. The molecule has 2 aliphatic rings. The Bertz CT molecular complexity index is 700. The predicted molar refractivity (Wildman–Crippen MR) is 93.6 cm³/mol. The average Bonchev–Trinajstić information content (AvgIpc) is 3.41. The molecule has 28 heavy (non-hydrogen) atoms. The first-order valence-corrected chi connectivity index (χ1v) is 9.06. The van der Waals surface area contributed by atoms with Gasteiger partial charge in [0.25, 0.3) is 0 Å². The number of esters is 1. The van der Waals surface area contributed by atoms with Crippen LogP contribution in [0.2, 0.25) is 0 Å². The number of methoxy groups -OCH3 is 2.